The summed E-state index contributed by atoms with van der Waals surface area (Å²) in [4.78, 5) is 17.1. The number of piperazine rings is 1. The predicted molar refractivity (Wildman–Crippen MR) is 86.4 cm³/mol. The van der Waals surface area contributed by atoms with Gasteiger partial charge in [0.15, 0.2) is 0 Å². The minimum absolute atomic E-state index is 0.0866. The highest BCUT2D eigenvalue weighted by Gasteiger charge is 2.28. The molecule has 7 nitrogen and oxygen atoms in total. The summed E-state index contributed by atoms with van der Waals surface area (Å²) in [5.74, 6) is 0.0866. The summed E-state index contributed by atoms with van der Waals surface area (Å²) < 4.78 is 1.57. The molecule has 0 N–H and O–H groups in total. The quantitative estimate of drug-likeness (QED) is 0.852. The first-order valence-electron chi connectivity index (χ1n) is 7.94. The summed E-state index contributed by atoms with van der Waals surface area (Å²) >= 11 is 0. The van der Waals surface area contributed by atoms with Crippen molar-refractivity contribution in [3.63, 3.8) is 0 Å². The first-order chi connectivity index (χ1) is 11.1. The Bertz CT molecular complexity index is 652. The lowest BCUT2D eigenvalue weighted by Crippen LogP contribution is -2.55. The van der Waals surface area contributed by atoms with Crippen molar-refractivity contribution in [2.45, 2.75) is 32.9 Å². The number of hydrogen-bond acceptors (Lipinski definition) is 5. The van der Waals surface area contributed by atoms with Crippen molar-refractivity contribution in [3.8, 4) is 5.69 Å². The lowest BCUT2D eigenvalue weighted by molar-refractivity contribution is 0.0426. The van der Waals surface area contributed by atoms with Gasteiger partial charge in [-0.15, -0.1) is 5.10 Å². The van der Waals surface area contributed by atoms with Gasteiger partial charge in [-0.25, -0.2) is 4.68 Å². The fourth-order valence-corrected chi connectivity index (χ4v) is 3.14. The number of benzene rings is 1. The molecule has 3 rings (SSSR count). The molecule has 1 aliphatic rings. The van der Waals surface area contributed by atoms with Gasteiger partial charge in [-0.1, -0.05) is 0 Å². The van der Waals surface area contributed by atoms with Crippen LogP contribution in [0.1, 0.15) is 31.1 Å². The normalized spacial score (nSPS) is 19.3. The number of tetrazole rings is 1. The van der Waals surface area contributed by atoms with Crippen molar-refractivity contribution in [2.75, 3.05) is 19.6 Å². The second kappa shape index (κ2) is 6.45. The summed E-state index contributed by atoms with van der Waals surface area (Å²) in [5.41, 5.74) is 1.54. The maximum Gasteiger partial charge on any atom is 0.253 e. The number of amides is 1. The van der Waals surface area contributed by atoms with Crippen LogP contribution in [-0.2, 0) is 0 Å². The number of hydrogen-bond donors (Lipinski definition) is 0. The van der Waals surface area contributed by atoms with Gasteiger partial charge in [0.05, 0.1) is 5.69 Å². The Morgan fingerprint density at radius 1 is 1.22 bits per heavy atom. The summed E-state index contributed by atoms with van der Waals surface area (Å²) in [6, 6.07) is 8.28. The van der Waals surface area contributed by atoms with Crippen LogP contribution >= 0.6 is 0 Å². The lowest BCUT2D eigenvalue weighted by Gasteiger charge is -2.42. The van der Waals surface area contributed by atoms with Gasteiger partial charge in [0.25, 0.3) is 5.91 Å². The first-order valence-corrected chi connectivity index (χ1v) is 7.94. The fourth-order valence-electron chi connectivity index (χ4n) is 3.14. The van der Waals surface area contributed by atoms with E-state index < -0.39 is 0 Å². The summed E-state index contributed by atoms with van der Waals surface area (Å²) in [7, 11) is 0. The van der Waals surface area contributed by atoms with E-state index in [1.54, 1.807) is 4.68 Å². The van der Waals surface area contributed by atoms with Crippen molar-refractivity contribution >= 4 is 5.91 Å². The minimum atomic E-state index is 0.0866. The summed E-state index contributed by atoms with van der Waals surface area (Å²) in [5, 5.41) is 11.1. The highest BCUT2D eigenvalue weighted by molar-refractivity contribution is 5.94. The fraction of sp³-hybridized carbons (Fsp3) is 0.500. The van der Waals surface area contributed by atoms with E-state index >= 15 is 0 Å². The van der Waals surface area contributed by atoms with E-state index in [1.807, 2.05) is 29.2 Å². The third kappa shape index (κ3) is 3.24. The van der Waals surface area contributed by atoms with Crippen molar-refractivity contribution in [1.82, 2.24) is 30.0 Å². The molecular formula is C16H22N6O. The zero-order chi connectivity index (χ0) is 16.4. The average molecular weight is 314 g/mol. The van der Waals surface area contributed by atoms with Crippen LogP contribution in [0.4, 0.5) is 0 Å². The lowest BCUT2D eigenvalue weighted by atomic mass is 10.1. The number of aromatic nitrogens is 4. The van der Waals surface area contributed by atoms with Crippen molar-refractivity contribution < 1.29 is 4.79 Å². The van der Waals surface area contributed by atoms with E-state index in [2.05, 4.69) is 41.2 Å². The molecule has 7 heteroatoms. The Balaban J connectivity index is 1.69. The Hall–Kier alpha value is -2.28. The first kappa shape index (κ1) is 15.6. The average Bonchev–Trinajstić information content (AvgIpc) is 3.08. The topological polar surface area (TPSA) is 67.2 Å². The van der Waals surface area contributed by atoms with E-state index in [-0.39, 0.29) is 5.91 Å². The number of carbonyl (C=O) groups excluding carboxylic acids is 1. The molecule has 0 saturated carbocycles. The van der Waals surface area contributed by atoms with Gasteiger partial charge in [0, 0.05) is 37.3 Å². The Morgan fingerprint density at radius 3 is 2.52 bits per heavy atom. The monoisotopic (exact) mass is 314 g/mol. The molecule has 1 aromatic heterocycles. The maximum absolute atomic E-state index is 12.7. The summed E-state index contributed by atoms with van der Waals surface area (Å²) in [6.45, 7) is 9.05. The van der Waals surface area contributed by atoms with Crippen LogP contribution in [0.3, 0.4) is 0 Å². The van der Waals surface area contributed by atoms with Crippen LogP contribution in [0.15, 0.2) is 30.6 Å². The van der Waals surface area contributed by atoms with E-state index in [9.17, 15) is 4.79 Å². The van der Waals surface area contributed by atoms with Crippen LogP contribution in [0.25, 0.3) is 5.69 Å². The molecule has 1 aliphatic heterocycles. The van der Waals surface area contributed by atoms with Crippen LogP contribution in [0, 0.1) is 0 Å². The Labute approximate surface area is 135 Å². The molecule has 1 unspecified atom stereocenters. The highest BCUT2D eigenvalue weighted by Crippen LogP contribution is 2.16. The van der Waals surface area contributed by atoms with Crippen molar-refractivity contribution in [2.24, 2.45) is 0 Å². The van der Waals surface area contributed by atoms with Crippen LogP contribution in [-0.4, -0.2) is 67.6 Å². The summed E-state index contributed by atoms with van der Waals surface area (Å²) in [6.07, 6.45) is 1.53. The van der Waals surface area contributed by atoms with E-state index in [0.717, 1.165) is 25.3 Å². The van der Waals surface area contributed by atoms with Gasteiger partial charge in [-0.3, -0.25) is 9.69 Å². The second-order valence-corrected chi connectivity index (χ2v) is 6.23. The molecule has 1 aromatic carbocycles. The zero-order valence-electron chi connectivity index (χ0n) is 13.8. The van der Waals surface area contributed by atoms with Crippen LogP contribution < -0.4 is 0 Å². The van der Waals surface area contributed by atoms with Gasteiger partial charge < -0.3 is 4.90 Å². The molecule has 122 valence electrons. The van der Waals surface area contributed by atoms with Gasteiger partial charge in [0.2, 0.25) is 0 Å². The number of nitrogens with zero attached hydrogens (tertiary/aromatic N) is 6. The largest absolute Gasteiger partial charge is 0.336 e. The Morgan fingerprint density at radius 2 is 1.96 bits per heavy atom. The molecule has 1 amide bonds. The molecule has 0 radical (unpaired) electrons. The third-order valence-corrected chi connectivity index (χ3v) is 4.36. The standard InChI is InChI=1S/C16H22N6O/c1-12(2)21-9-8-20(10-13(21)3)16(23)14-4-6-15(7-5-14)22-11-17-18-19-22/h4-7,11-13H,8-10H2,1-3H3. The SMILES string of the molecule is CC(C)N1CCN(C(=O)c2ccc(-n3cnnn3)cc2)CC1C. The molecule has 1 saturated heterocycles. The maximum atomic E-state index is 12.7. The molecular weight excluding hydrogens is 292 g/mol. The molecule has 2 aromatic rings. The van der Waals surface area contributed by atoms with Gasteiger partial charge in [0.1, 0.15) is 6.33 Å². The molecule has 1 fully saturated rings. The molecule has 1 atom stereocenters. The molecule has 23 heavy (non-hydrogen) atoms. The smallest absolute Gasteiger partial charge is 0.253 e. The van der Waals surface area contributed by atoms with E-state index in [0.29, 0.717) is 17.6 Å². The molecule has 0 spiro atoms. The van der Waals surface area contributed by atoms with Crippen molar-refractivity contribution in [1.29, 1.82) is 0 Å². The van der Waals surface area contributed by atoms with Gasteiger partial charge in [-0.2, -0.15) is 0 Å². The van der Waals surface area contributed by atoms with Crippen LogP contribution in [0.2, 0.25) is 0 Å². The van der Waals surface area contributed by atoms with E-state index in [4.69, 9.17) is 0 Å². The molecule has 0 aliphatic carbocycles. The molecule has 2 heterocycles. The number of carbonyl (C=O) groups is 1. The second-order valence-electron chi connectivity index (χ2n) is 6.23. The zero-order valence-corrected chi connectivity index (χ0v) is 13.8. The van der Waals surface area contributed by atoms with Gasteiger partial charge >= 0.3 is 0 Å². The van der Waals surface area contributed by atoms with Crippen LogP contribution in [0.5, 0.6) is 0 Å². The minimum Gasteiger partial charge on any atom is -0.336 e. The van der Waals surface area contributed by atoms with Crippen molar-refractivity contribution in [3.05, 3.63) is 36.2 Å². The third-order valence-electron chi connectivity index (χ3n) is 4.36. The highest BCUT2D eigenvalue weighted by atomic mass is 16.2. The predicted octanol–water partition coefficient (Wildman–Crippen LogP) is 1.22. The number of rotatable bonds is 3. The van der Waals surface area contributed by atoms with Gasteiger partial charge in [-0.05, 0) is 55.5 Å². The van der Waals surface area contributed by atoms with E-state index in [1.165, 1.54) is 6.33 Å². The molecule has 0 bridgehead atoms. The Kier molecular flexibility index (Phi) is 4.38.